The number of fused-ring (bicyclic) bond motifs is 1. The number of methoxy groups -OCH3 is 2. The number of ether oxygens (including phenoxy) is 3. The maximum Gasteiger partial charge on any atom is 0.132 e. The summed E-state index contributed by atoms with van der Waals surface area (Å²) in [5.74, 6) is 2.15. The highest BCUT2D eigenvalue weighted by atomic mass is 16.5. The summed E-state index contributed by atoms with van der Waals surface area (Å²) in [4.78, 5) is 2.52. The number of hydrogen-bond acceptors (Lipinski definition) is 5. The van der Waals surface area contributed by atoms with Gasteiger partial charge in [-0.25, -0.2) is 4.52 Å². The zero-order valence-electron chi connectivity index (χ0n) is 20.0. The van der Waals surface area contributed by atoms with E-state index in [1.165, 1.54) is 5.69 Å². The zero-order chi connectivity index (χ0) is 22.7. The van der Waals surface area contributed by atoms with E-state index in [-0.39, 0.29) is 0 Å². The highest BCUT2D eigenvalue weighted by molar-refractivity contribution is 5.82. The van der Waals surface area contributed by atoms with Crippen LogP contribution in [0.15, 0.2) is 30.3 Å². The van der Waals surface area contributed by atoms with Gasteiger partial charge >= 0.3 is 0 Å². The Kier molecular flexibility index (Phi) is 6.89. The topological polar surface area (TPSA) is 48.2 Å². The standard InChI is InChI=1S/C26H35N3O3/c1-6-12-28(16-19-11-13-32-17-19)26-20(7-2)27-29-21(9-8-10-22(26)29)25-23(30-4)14-18(3)15-24(25)31-5/h8-10,14-15,19H,6-7,11-13,16-17H2,1-5H3. The van der Waals surface area contributed by atoms with Crippen molar-refractivity contribution in [2.24, 2.45) is 5.92 Å². The fourth-order valence-corrected chi connectivity index (χ4v) is 4.77. The van der Waals surface area contributed by atoms with Crippen molar-refractivity contribution in [1.82, 2.24) is 9.61 Å². The van der Waals surface area contributed by atoms with Crippen LogP contribution >= 0.6 is 0 Å². The lowest BCUT2D eigenvalue weighted by Crippen LogP contribution is -2.31. The second kappa shape index (κ2) is 9.82. The number of nitrogens with zero attached hydrogens (tertiary/aromatic N) is 3. The molecule has 3 aromatic rings. The smallest absolute Gasteiger partial charge is 0.132 e. The molecular formula is C26H35N3O3. The third kappa shape index (κ3) is 4.16. The maximum atomic E-state index is 5.76. The minimum absolute atomic E-state index is 0.571. The van der Waals surface area contributed by atoms with E-state index in [1.807, 2.05) is 19.1 Å². The van der Waals surface area contributed by atoms with Crippen LogP contribution in [0.5, 0.6) is 11.5 Å². The van der Waals surface area contributed by atoms with Crippen molar-refractivity contribution in [1.29, 1.82) is 0 Å². The quantitative estimate of drug-likeness (QED) is 0.464. The molecule has 172 valence electrons. The number of rotatable bonds is 9. The molecule has 6 nitrogen and oxygen atoms in total. The molecule has 1 saturated heterocycles. The predicted molar refractivity (Wildman–Crippen MR) is 129 cm³/mol. The van der Waals surface area contributed by atoms with E-state index in [0.717, 1.165) is 85.1 Å². The van der Waals surface area contributed by atoms with Crippen LogP contribution in [0.25, 0.3) is 16.8 Å². The van der Waals surface area contributed by atoms with Gasteiger partial charge < -0.3 is 19.1 Å². The van der Waals surface area contributed by atoms with E-state index in [9.17, 15) is 0 Å². The van der Waals surface area contributed by atoms with Crippen molar-refractivity contribution in [3.05, 3.63) is 41.6 Å². The Morgan fingerprint density at radius 3 is 2.50 bits per heavy atom. The second-order valence-electron chi connectivity index (χ2n) is 8.58. The molecule has 1 unspecified atom stereocenters. The van der Waals surface area contributed by atoms with Gasteiger partial charge in [-0.05, 0) is 56.0 Å². The van der Waals surface area contributed by atoms with Crippen LogP contribution in [0.4, 0.5) is 5.69 Å². The molecular weight excluding hydrogens is 402 g/mol. The number of aromatic nitrogens is 2. The van der Waals surface area contributed by atoms with Crippen LogP contribution in [-0.2, 0) is 11.2 Å². The number of benzene rings is 1. The largest absolute Gasteiger partial charge is 0.496 e. The van der Waals surface area contributed by atoms with Crippen molar-refractivity contribution in [3.63, 3.8) is 0 Å². The van der Waals surface area contributed by atoms with E-state index in [4.69, 9.17) is 19.3 Å². The predicted octanol–water partition coefficient (Wildman–Crippen LogP) is 5.14. The van der Waals surface area contributed by atoms with Crippen LogP contribution in [0.2, 0.25) is 0 Å². The highest BCUT2D eigenvalue weighted by Crippen LogP contribution is 2.41. The van der Waals surface area contributed by atoms with Crippen molar-refractivity contribution >= 4 is 11.2 Å². The second-order valence-corrected chi connectivity index (χ2v) is 8.58. The summed E-state index contributed by atoms with van der Waals surface area (Å²) in [6, 6.07) is 10.5. The summed E-state index contributed by atoms with van der Waals surface area (Å²) >= 11 is 0. The lowest BCUT2D eigenvalue weighted by molar-refractivity contribution is 0.186. The van der Waals surface area contributed by atoms with Crippen LogP contribution in [0, 0.1) is 12.8 Å². The van der Waals surface area contributed by atoms with Crippen molar-refractivity contribution in [3.8, 4) is 22.8 Å². The molecule has 0 bridgehead atoms. The highest BCUT2D eigenvalue weighted by Gasteiger charge is 2.25. The SMILES string of the molecule is CCCN(CC1CCOC1)c1c(CC)nn2c(-c3c(OC)cc(C)cc3OC)cccc12. The molecule has 4 rings (SSSR count). The molecule has 2 aromatic heterocycles. The first-order valence-corrected chi connectivity index (χ1v) is 11.7. The summed E-state index contributed by atoms with van der Waals surface area (Å²) in [6.07, 6.45) is 3.09. The fraction of sp³-hybridized carbons (Fsp3) is 0.500. The molecule has 1 aliphatic rings. The van der Waals surface area contributed by atoms with Gasteiger partial charge in [0, 0.05) is 25.6 Å². The van der Waals surface area contributed by atoms with E-state index in [2.05, 4.69) is 41.5 Å². The summed E-state index contributed by atoms with van der Waals surface area (Å²) in [6.45, 7) is 10.2. The van der Waals surface area contributed by atoms with Crippen molar-refractivity contribution < 1.29 is 14.2 Å². The van der Waals surface area contributed by atoms with Crippen LogP contribution in [0.3, 0.4) is 0 Å². The molecule has 32 heavy (non-hydrogen) atoms. The molecule has 0 N–H and O–H groups in total. The molecule has 0 spiro atoms. The number of aryl methyl sites for hydroxylation is 2. The molecule has 0 amide bonds. The van der Waals surface area contributed by atoms with Crippen LogP contribution in [-0.4, -0.2) is 50.1 Å². The van der Waals surface area contributed by atoms with Gasteiger partial charge in [0.15, 0.2) is 0 Å². The molecule has 0 radical (unpaired) electrons. The van der Waals surface area contributed by atoms with Gasteiger partial charge in [-0.15, -0.1) is 0 Å². The van der Waals surface area contributed by atoms with Gasteiger partial charge in [0.2, 0.25) is 0 Å². The third-order valence-electron chi connectivity index (χ3n) is 6.25. The Morgan fingerprint density at radius 1 is 1.16 bits per heavy atom. The Morgan fingerprint density at radius 2 is 1.91 bits per heavy atom. The van der Waals surface area contributed by atoms with Gasteiger partial charge in [-0.1, -0.05) is 19.9 Å². The van der Waals surface area contributed by atoms with Crippen molar-refractivity contribution in [2.45, 2.75) is 40.0 Å². The van der Waals surface area contributed by atoms with Gasteiger partial charge in [-0.2, -0.15) is 5.10 Å². The molecule has 1 aliphatic heterocycles. The Bertz CT molecular complexity index is 1040. The van der Waals surface area contributed by atoms with E-state index in [1.54, 1.807) is 14.2 Å². The Hall–Kier alpha value is -2.73. The molecule has 6 heteroatoms. The minimum atomic E-state index is 0.571. The average molecular weight is 438 g/mol. The lowest BCUT2D eigenvalue weighted by atomic mass is 10.0. The van der Waals surface area contributed by atoms with Gasteiger partial charge in [-0.3, -0.25) is 0 Å². The average Bonchev–Trinajstić information content (AvgIpc) is 3.45. The minimum Gasteiger partial charge on any atom is -0.496 e. The summed E-state index contributed by atoms with van der Waals surface area (Å²) < 4.78 is 19.3. The zero-order valence-corrected chi connectivity index (χ0v) is 20.0. The van der Waals surface area contributed by atoms with Crippen LogP contribution < -0.4 is 14.4 Å². The molecule has 0 saturated carbocycles. The molecule has 1 atom stereocenters. The lowest BCUT2D eigenvalue weighted by Gasteiger charge is -2.27. The Labute approximate surface area is 191 Å². The van der Waals surface area contributed by atoms with Crippen molar-refractivity contribution in [2.75, 3.05) is 45.4 Å². The number of hydrogen-bond donors (Lipinski definition) is 0. The first kappa shape index (κ1) is 22.5. The monoisotopic (exact) mass is 437 g/mol. The molecule has 0 aliphatic carbocycles. The first-order valence-electron chi connectivity index (χ1n) is 11.7. The molecule has 3 heterocycles. The third-order valence-corrected chi connectivity index (χ3v) is 6.25. The normalized spacial score (nSPS) is 16.0. The van der Waals surface area contributed by atoms with Gasteiger partial charge in [0.05, 0.1) is 49.0 Å². The Balaban J connectivity index is 1.89. The molecule has 1 aromatic carbocycles. The summed E-state index contributed by atoms with van der Waals surface area (Å²) in [7, 11) is 3.41. The first-order chi connectivity index (χ1) is 15.6. The van der Waals surface area contributed by atoms with Gasteiger partial charge in [0.1, 0.15) is 11.5 Å². The maximum absolute atomic E-state index is 5.76. The molecule has 1 fully saturated rings. The van der Waals surface area contributed by atoms with Gasteiger partial charge in [0.25, 0.3) is 0 Å². The van der Waals surface area contributed by atoms with E-state index < -0.39 is 0 Å². The summed E-state index contributed by atoms with van der Waals surface area (Å²) in [5, 5.41) is 5.09. The number of pyridine rings is 1. The summed E-state index contributed by atoms with van der Waals surface area (Å²) in [5.41, 5.74) is 6.48. The number of anilines is 1. The van der Waals surface area contributed by atoms with E-state index >= 15 is 0 Å². The van der Waals surface area contributed by atoms with Crippen LogP contribution in [0.1, 0.15) is 37.9 Å². The van der Waals surface area contributed by atoms with E-state index in [0.29, 0.717) is 5.92 Å². The fourth-order valence-electron chi connectivity index (χ4n) is 4.77.